The lowest BCUT2D eigenvalue weighted by Gasteiger charge is -2.14. The van der Waals surface area contributed by atoms with Crippen molar-refractivity contribution < 1.29 is 12.8 Å². The molecule has 0 aromatic heterocycles. The Morgan fingerprint density at radius 2 is 2.00 bits per heavy atom. The number of halogens is 2. The molecule has 8 heteroatoms. The monoisotopic (exact) mass is 379 g/mol. The van der Waals surface area contributed by atoms with Gasteiger partial charge in [0, 0.05) is 16.7 Å². The van der Waals surface area contributed by atoms with Crippen LogP contribution in [-0.4, -0.2) is 39.5 Å². The van der Waals surface area contributed by atoms with Crippen LogP contribution in [0.5, 0.6) is 0 Å². The van der Waals surface area contributed by atoms with Crippen molar-refractivity contribution in [2.24, 2.45) is 0 Å². The van der Waals surface area contributed by atoms with E-state index in [4.69, 9.17) is 5.73 Å². The lowest BCUT2D eigenvalue weighted by molar-refractivity contribution is 0.334. The van der Waals surface area contributed by atoms with Crippen LogP contribution in [0, 0.1) is 5.82 Å². The summed E-state index contributed by atoms with van der Waals surface area (Å²) < 4.78 is 40.7. The summed E-state index contributed by atoms with van der Waals surface area (Å²) in [6, 6.07) is 2.19. The zero-order valence-electron chi connectivity index (χ0n) is 11.6. The van der Waals surface area contributed by atoms with Gasteiger partial charge in [0.05, 0.1) is 0 Å². The fraction of sp³-hybridized carbons (Fsp3) is 0.538. The molecule has 0 unspecified atom stereocenters. The second-order valence-corrected chi connectivity index (χ2v) is 7.69. The molecular weight excluding hydrogens is 361 g/mol. The molecule has 1 fully saturated rings. The first-order valence-electron chi connectivity index (χ1n) is 6.87. The van der Waals surface area contributed by atoms with E-state index in [9.17, 15) is 12.8 Å². The Bertz CT molecular complexity index is 604. The Hall–Kier alpha value is -0.700. The topological polar surface area (TPSA) is 75.4 Å². The summed E-state index contributed by atoms with van der Waals surface area (Å²) in [7, 11) is -3.87. The molecule has 1 aliphatic rings. The average Bonchev–Trinajstić information content (AvgIpc) is 2.92. The molecule has 1 aromatic rings. The van der Waals surface area contributed by atoms with Crippen molar-refractivity contribution >= 4 is 31.6 Å². The second-order valence-electron chi connectivity index (χ2n) is 5.10. The fourth-order valence-corrected chi connectivity index (χ4v) is 3.83. The highest BCUT2D eigenvalue weighted by atomic mass is 79.9. The normalized spacial score (nSPS) is 16.5. The Labute approximate surface area is 132 Å². The highest BCUT2D eigenvalue weighted by molar-refractivity contribution is 9.10. The van der Waals surface area contributed by atoms with Crippen LogP contribution < -0.4 is 10.5 Å². The third kappa shape index (κ3) is 4.38. The number of rotatable bonds is 6. The molecule has 0 bridgehead atoms. The molecule has 2 rings (SSSR count). The smallest absolute Gasteiger partial charge is 0.243 e. The molecule has 1 saturated heterocycles. The molecule has 0 spiro atoms. The van der Waals surface area contributed by atoms with Gasteiger partial charge in [0.25, 0.3) is 0 Å². The van der Waals surface area contributed by atoms with Crippen molar-refractivity contribution in [2.45, 2.75) is 24.2 Å². The molecule has 0 saturated carbocycles. The van der Waals surface area contributed by atoms with Gasteiger partial charge in [-0.05, 0) is 67.0 Å². The molecule has 1 aliphatic heterocycles. The Morgan fingerprint density at radius 3 is 2.67 bits per heavy atom. The van der Waals surface area contributed by atoms with E-state index in [2.05, 4.69) is 25.6 Å². The number of nitrogens with two attached hydrogens (primary N) is 1. The third-order valence-corrected chi connectivity index (χ3v) is 5.65. The molecule has 0 radical (unpaired) electrons. The second kappa shape index (κ2) is 7.04. The van der Waals surface area contributed by atoms with E-state index < -0.39 is 20.7 Å². The Kier molecular flexibility index (Phi) is 5.59. The molecule has 5 nitrogen and oxygen atoms in total. The maximum atomic E-state index is 13.8. The van der Waals surface area contributed by atoms with Crippen LogP contribution in [0.25, 0.3) is 0 Å². The number of nitrogen functional groups attached to an aromatic ring is 1. The summed E-state index contributed by atoms with van der Waals surface area (Å²) in [6.45, 7) is 3.29. The van der Waals surface area contributed by atoms with Crippen LogP contribution in [0.15, 0.2) is 21.5 Å². The van der Waals surface area contributed by atoms with Gasteiger partial charge in [0.2, 0.25) is 10.0 Å². The summed E-state index contributed by atoms with van der Waals surface area (Å²) in [5.74, 6) is -0.817. The van der Waals surface area contributed by atoms with E-state index in [0.717, 1.165) is 31.8 Å². The van der Waals surface area contributed by atoms with E-state index in [0.29, 0.717) is 10.9 Å². The predicted octanol–water partition coefficient (Wildman–Crippen LogP) is 1.93. The first-order valence-corrected chi connectivity index (χ1v) is 9.14. The summed E-state index contributed by atoms with van der Waals surface area (Å²) >= 11 is 3.06. The van der Waals surface area contributed by atoms with Crippen LogP contribution >= 0.6 is 15.9 Å². The van der Waals surface area contributed by atoms with Crippen LogP contribution in [0.1, 0.15) is 19.3 Å². The molecular formula is C13H19BrFN3O2S. The van der Waals surface area contributed by atoms with Crippen molar-refractivity contribution in [1.29, 1.82) is 0 Å². The van der Waals surface area contributed by atoms with Gasteiger partial charge in [-0.3, -0.25) is 0 Å². The maximum absolute atomic E-state index is 13.8. The van der Waals surface area contributed by atoms with Crippen molar-refractivity contribution in [3.8, 4) is 0 Å². The molecule has 1 aromatic carbocycles. The zero-order valence-corrected chi connectivity index (χ0v) is 14.0. The van der Waals surface area contributed by atoms with E-state index in [1.807, 2.05) is 0 Å². The summed E-state index contributed by atoms with van der Waals surface area (Å²) in [5, 5.41) is 0. The van der Waals surface area contributed by atoms with Crippen molar-refractivity contribution in [1.82, 2.24) is 9.62 Å². The highest BCUT2D eigenvalue weighted by Crippen LogP contribution is 2.25. The van der Waals surface area contributed by atoms with Gasteiger partial charge in [-0.25, -0.2) is 17.5 Å². The predicted molar refractivity (Wildman–Crippen MR) is 84.0 cm³/mol. The quantitative estimate of drug-likeness (QED) is 0.584. The van der Waals surface area contributed by atoms with Crippen LogP contribution in [0.3, 0.4) is 0 Å². The van der Waals surface area contributed by atoms with Crippen molar-refractivity contribution in [3.63, 3.8) is 0 Å². The van der Waals surface area contributed by atoms with Gasteiger partial charge in [-0.1, -0.05) is 0 Å². The fourth-order valence-electron chi connectivity index (χ4n) is 2.34. The molecule has 3 N–H and O–H groups in total. The van der Waals surface area contributed by atoms with Gasteiger partial charge in [-0.15, -0.1) is 0 Å². The number of benzene rings is 1. The molecule has 0 atom stereocenters. The van der Waals surface area contributed by atoms with Gasteiger partial charge in [-0.2, -0.15) is 0 Å². The number of nitrogens with one attached hydrogen (secondary N) is 1. The first-order chi connectivity index (χ1) is 9.90. The first kappa shape index (κ1) is 16.7. The average molecular weight is 380 g/mol. The number of sulfonamides is 1. The van der Waals surface area contributed by atoms with E-state index >= 15 is 0 Å². The lowest BCUT2D eigenvalue weighted by Crippen LogP contribution is -2.29. The molecule has 0 amide bonds. The van der Waals surface area contributed by atoms with Gasteiger partial charge < -0.3 is 10.6 Å². The van der Waals surface area contributed by atoms with E-state index in [1.165, 1.54) is 12.8 Å². The minimum Gasteiger partial charge on any atom is -0.398 e. The molecule has 0 aliphatic carbocycles. The van der Waals surface area contributed by atoms with E-state index in [1.54, 1.807) is 0 Å². The number of anilines is 1. The minimum atomic E-state index is -3.87. The molecule has 21 heavy (non-hydrogen) atoms. The van der Waals surface area contributed by atoms with Gasteiger partial charge >= 0.3 is 0 Å². The third-order valence-electron chi connectivity index (χ3n) is 3.48. The number of hydrogen-bond donors (Lipinski definition) is 2. The minimum absolute atomic E-state index is 0.189. The van der Waals surface area contributed by atoms with Crippen molar-refractivity contribution in [2.75, 3.05) is 31.9 Å². The summed E-state index contributed by atoms with van der Waals surface area (Å²) in [4.78, 5) is 1.89. The van der Waals surface area contributed by atoms with Crippen LogP contribution in [0.2, 0.25) is 0 Å². The molecule has 118 valence electrons. The van der Waals surface area contributed by atoms with Crippen LogP contribution in [0.4, 0.5) is 10.1 Å². The summed E-state index contributed by atoms with van der Waals surface area (Å²) in [6.07, 6.45) is 3.11. The lowest BCUT2D eigenvalue weighted by atomic mass is 10.3. The van der Waals surface area contributed by atoms with Gasteiger partial charge in [0.15, 0.2) is 0 Å². The van der Waals surface area contributed by atoms with Crippen LogP contribution in [-0.2, 0) is 10.0 Å². The SMILES string of the molecule is Nc1cc(S(=O)(=O)NCCCN2CCCC2)c(F)cc1Br. The maximum Gasteiger partial charge on any atom is 0.243 e. The standard InChI is InChI=1S/C13H19BrFN3O2S/c14-10-8-11(15)13(9-12(10)16)21(19,20)17-4-3-7-18-5-1-2-6-18/h8-9,17H,1-7,16H2. The van der Waals surface area contributed by atoms with E-state index in [-0.39, 0.29) is 12.2 Å². The van der Waals surface area contributed by atoms with Crippen molar-refractivity contribution in [3.05, 3.63) is 22.4 Å². The Balaban J connectivity index is 1.93. The highest BCUT2D eigenvalue weighted by Gasteiger charge is 2.20. The summed E-state index contributed by atoms with van der Waals surface area (Å²) in [5.41, 5.74) is 5.80. The number of hydrogen-bond acceptors (Lipinski definition) is 4. The zero-order chi connectivity index (χ0) is 15.5. The van der Waals surface area contributed by atoms with Gasteiger partial charge in [0.1, 0.15) is 10.7 Å². The number of likely N-dealkylation sites (tertiary alicyclic amines) is 1. The number of nitrogens with zero attached hydrogens (tertiary/aromatic N) is 1. The molecule has 1 heterocycles. The Morgan fingerprint density at radius 1 is 1.33 bits per heavy atom. The largest absolute Gasteiger partial charge is 0.398 e.